The van der Waals surface area contributed by atoms with E-state index in [-0.39, 0.29) is 5.91 Å². The Balaban J connectivity index is 1.24. The van der Waals surface area contributed by atoms with Crippen molar-refractivity contribution in [3.8, 4) is 0 Å². The summed E-state index contributed by atoms with van der Waals surface area (Å²) in [7, 11) is 0. The van der Waals surface area contributed by atoms with Crippen LogP contribution in [0.2, 0.25) is 0 Å². The van der Waals surface area contributed by atoms with Crippen molar-refractivity contribution in [2.24, 2.45) is 46.3 Å². The van der Waals surface area contributed by atoms with Gasteiger partial charge in [-0.15, -0.1) is 0 Å². The van der Waals surface area contributed by atoms with Crippen molar-refractivity contribution in [3.05, 3.63) is 11.6 Å². The predicted molar refractivity (Wildman–Crippen MR) is 141 cm³/mol. The molecule has 1 amide bonds. The van der Waals surface area contributed by atoms with E-state index in [1.807, 2.05) is 12.5 Å². The quantitative estimate of drug-likeness (QED) is 0.397. The summed E-state index contributed by atoms with van der Waals surface area (Å²) in [4.78, 5) is 11.5. The van der Waals surface area contributed by atoms with Gasteiger partial charge >= 0.3 is 0 Å². The number of nitrogens with one attached hydrogen (secondary N) is 1. The molecule has 1 saturated heterocycles. The number of carbonyl (C=O) groups is 1. The number of hydrogen-bond acceptors (Lipinski definition) is 3. The Bertz CT molecular complexity index is 809. The molecule has 0 bridgehead atoms. The minimum atomic E-state index is 0.0489. The smallest absolute Gasteiger partial charge is 0.216 e. The molecule has 35 heavy (non-hydrogen) atoms. The molecule has 198 valence electrons. The first-order valence-electron chi connectivity index (χ1n) is 14.9. The van der Waals surface area contributed by atoms with E-state index in [9.17, 15) is 4.79 Å². The highest BCUT2D eigenvalue weighted by Gasteiger charge is 2.64. The summed E-state index contributed by atoms with van der Waals surface area (Å²) >= 11 is 0. The summed E-state index contributed by atoms with van der Waals surface area (Å²) in [6, 6.07) is 0. The Kier molecular flexibility index (Phi) is 7.45. The van der Waals surface area contributed by atoms with E-state index in [1.165, 1.54) is 51.4 Å². The molecule has 4 aliphatic carbocycles. The molecular weight excluding hydrogens is 434 g/mol. The van der Waals surface area contributed by atoms with Gasteiger partial charge < -0.3 is 14.8 Å². The molecule has 0 radical (unpaired) electrons. The maximum absolute atomic E-state index is 11.5. The predicted octanol–water partition coefficient (Wildman–Crippen LogP) is 6.54. The zero-order chi connectivity index (χ0) is 24.8. The second kappa shape index (κ2) is 10.1. The maximum atomic E-state index is 11.5. The molecule has 1 N–H and O–H groups in total. The highest BCUT2D eigenvalue weighted by atomic mass is 16.5. The SMILES string of the molecule is CCOCC(CCC1O[C@H]2C[C@H]3[C@@H]4CC=C5CCCC[C@]5(C)[C@H]4CC[C@]3(C)[C@H]2C1C)CNC(C)=O. The van der Waals surface area contributed by atoms with E-state index in [1.54, 1.807) is 6.92 Å². The summed E-state index contributed by atoms with van der Waals surface area (Å²) in [5, 5.41) is 3.01. The summed E-state index contributed by atoms with van der Waals surface area (Å²) in [6.45, 7) is 13.6. The highest BCUT2D eigenvalue weighted by molar-refractivity contribution is 5.72. The first-order chi connectivity index (χ1) is 16.8. The van der Waals surface area contributed by atoms with E-state index in [0.29, 0.717) is 47.3 Å². The lowest BCUT2D eigenvalue weighted by Gasteiger charge is -2.58. The standard InChI is InChI=1S/C31H51NO3/c1-6-34-19-22(18-32-21(3)33)10-13-27-20(2)29-28(35-27)17-26-24-12-11-23-9-7-8-15-30(23,4)25(24)14-16-31(26,29)5/h11,20,22,24-29H,6-10,12-19H2,1-5H3,(H,32,33)/t20?,22?,24-,25+,26+,27?,28+,29+,30+,31+/m1/s1. The summed E-state index contributed by atoms with van der Waals surface area (Å²) in [5.41, 5.74) is 2.74. The van der Waals surface area contributed by atoms with Gasteiger partial charge in [-0.1, -0.05) is 38.8 Å². The molecule has 1 heterocycles. The summed E-state index contributed by atoms with van der Waals surface area (Å²) in [6.07, 6.45) is 16.7. The molecule has 1 aliphatic heterocycles. The Morgan fingerprint density at radius 3 is 2.86 bits per heavy atom. The third-order valence-corrected chi connectivity index (χ3v) is 11.7. The molecule has 3 unspecified atom stereocenters. The Labute approximate surface area is 214 Å². The van der Waals surface area contributed by atoms with E-state index in [4.69, 9.17) is 9.47 Å². The molecule has 5 rings (SSSR count). The zero-order valence-electron chi connectivity index (χ0n) is 23.1. The number of fused-ring (bicyclic) bond motifs is 7. The number of carbonyl (C=O) groups excluding carboxylic acids is 1. The lowest BCUT2D eigenvalue weighted by molar-refractivity contribution is -0.119. The number of ether oxygens (including phenoxy) is 2. The van der Waals surface area contributed by atoms with E-state index in [0.717, 1.165) is 43.8 Å². The van der Waals surface area contributed by atoms with Crippen LogP contribution in [-0.4, -0.2) is 37.9 Å². The number of hydrogen-bond donors (Lipinski definition) is 1. The molecule has 0 aromatic rings. The summed E-state index contributed by atoms with van der Waals surface area (Å²) in [5.74, 6) is 4.36. The van der Waals surface area contributed by atoms with Crippen LogP contribution < -0.4 is 5.32 Å². The Hall–Kier alpha value is -0.870. The summed E-state index contributed by atoms with van der Waals surface area (Å²) < 4.78 is 12.6. The maximum Gasteiger partial charge on any atom is 0.216 e. The van der Waals surface area contributed by atoms with Crippen molar-refractivity contribution in [3.63, 3.8) is 0 Å². The molecule has 4 fully saturated rings. The van der Waals surface area contributed by atoms with Gasteiger partial charge in [-0.05, 0) is 111 Å². The third kappa shape index (κ3) is 4.54. The lowest BCUT2D eigenvalue weighted by atomic mass is 9.47. The molecule has 5 aliphatic rings. The number of amides is 1. The van der Waals surface area contributed by atoms with Gasteiger partial charge in [0.2, 0.25) is 5.91 Å². The van der Waals surface area contributed by atoms with Crippen LogP contribution in [0.5, 0.6) is 0 Å². The molecule has 0 spiro atoms. The minimum Gasteiger partial charge on any atom is -0.381 e. The fourth-order valence-corrected chi connectivity index (χ4v) is 9.93. The molecule has 0 aromatic heterocycles. The third-order valence-electron chi connectivity index (χ3n) is 11.7. The van der Waals surface area contributed by atoms with Gasteiger partial charge in [0.15, 0.2) is 0 Å². The van der Waals surface area contributed by atoms with Crippen LogP contribution in [0.15, 0.2) is 11.6 Å². The van der Waals surface area contributed by atoms with Crippen LogP contribution in [0.3, 0.4) is 0 Å². The van der Waals surface area contributed by atoms with E-state index >= 15 is 0 Å². The van der Waals surface area contributed by atoms with Crippen molar-refractivity contribution in [1.29, 1.82) is 0 Å². The molecule has 10 atom stereocenters. The Morgan fingerprint density at radius 2 is 2.09 bits per heavy atom. The molecule has 4 nitrogen and oxygen atoms in total. The molecule has 3 saturated carbocycles. The van der Waals surface area contributed by atoms with Crippen molar-refractivity contribution in [2.45, 2.75) is 111 Å². The van der Waals surface area contributed by atoms with Crippen LogP contribution in [0.4, 0.5) is 0 Å². The normalized spacial score (nSPS) is 45.1. The van der Waals surface area contributed by atoms with Gasteiger partial charge in [0.25, 0.3) is 0 Å². The minimum absolute atomic E-state index is 0.0489. The second-order valence-electron chi connectivity index (χ2n) is 13.4. The Morgan fingerprint density at radius 1 is 1.26 bits per heavy atom. The molecule has 4 heteroatoms. The van der Waals surface area contributed by atoms with Crippen molar-refractivity contribution in [2.75, 3.05) is 19.8 Å². The van der Waals surface area contributed by atoms with Gasteiger partial charge in [-0.2, -0.15) is 0 Å². The highest BCUT2D eigenvalue weighted by Crippen LogP contribution is 2.69. The van der Waals surface area contributed by atoms with E-state index < -0.39 is 0 Å². The van der Waals surface area contributed by atoms with Crippen LogP contribution in [0.1, 0.15) is 98.8 Å². The first kappa shape index (κ1) is 25.8. The average molecular weight is 486 g/mol. The molecule has 0 aromatic carbocycles. The number of allylic oxidation sites excluding steroid dienone is 2. The number of rotatable bonds is 8. The van der Waals surface area contributed by atoms with Crippen LogP contribution in [0.25, 0.3) is 0 Å². The first-order valence-corrected chi connectivity index (χ1v) is 14.9. The second-order valence-corrected chi connectivity index (χ2v) is 13.4. The van der Waals surface area contributed by atoms with Gasteiger partial charge in [0, 0.05) is 20.1 Å². The largest absolute Gasteiger partial charge is 0.381 e. The van der Waals surface area contributed by atoms with Gasteiger partial charge in [0.1, 0.15) is 0 Å². The van der Waals surface area contributed by atoms with Crippen LogP contribution in [-0.2, 0) is 14.3 Å². The van der Waals surface area contributed by atoms with E-state index in [2.05, 4.69) is 32.2 Å². The van der Waals surface area contributed by atoms with Crippen molar-refractivity contribution in [1.82, 2.24) is 5.32 Å². The fraction of sp³-hybridized carbons (Fsp3) is 0.903. The van der Waals surface area contributed by atoms with Gasteiger partial charge in [-0.25, -0.2) is 0 Å². The zero-order valence-corrected chi connectivity index (χ0v) is 23.1. The lowest BCUT2D eigenvalue weighted by Crippen LogP contribution is -2.50. The van der Waals surface area contributed by atoms with Crippen LogP contribution in [0, 0.1) is 46.3 Å². The van der Waals surface area contributed by atoms with Crippen LogP contribution >= 0.6 is 0 Å². The van der Waals surface area contributed by atoms with Crippen molar-refractivity contribution < 1.29 is 14.3 Å². The molecular formula is C31H51NO3. The topological polar surface area (TPSA) is 47.6 Å². The van der Waals surface area contributed by atoms with Gasteiger partial charge in [0.05, 0.1) is 18.8 Å². The van der Waals surface area contributed by atoms with Gasteiger partial charge in [-0.3, -0.25) is 4.79 Å². The fourth-order valence-electron chi connectivity index (χ4n) is 9.93. The van der Waals surface area contributed by atoms with Crippen molar-refractivity contribution >= 4 is 5.91 Å². The average Bonchev–Trinajstić information content (AvgIpc) is 3.31. The monoisotopic (exact) mass is 485 g/mol.